The topological polar surface area (TPSA) is 33.5 Å². The molecule has 0 saturated carbocycles. The molecule has 8 aromatic rings. The molecule has 0 aliphatic carbocycles. The van der Waals surface area contributed by atoms with Gasteiger partial charge in [-0.25, -0.2) is 4.98 Å². The van der Waals surface area contributed by atoms with Gasteiger partial charge in [-0.2, -0.15) is 25.3 Å². The fourth-order valence-electron chi connectivity index (χ4n) is 8.16. The fraction of sp³-hybridized carbons (Fsp3) is 0.236. The first kappa shape index (κ1) is 44.7. The van der Waals surface area contributed by atoms with E-state index in [9.17, 15) is 13.2 Å². The molecular formula is C55H50F3N4OPt-3. The van der Waals surface area contributed by atoms with E-state index in [0.29, 0.717) is 28.4 Å². The van der Waals surface area contributed by atoms with E-state index in [-0.39, 0.29) is 37.3 Å². The van der Waals surface area contributed by atoms with Crippen LogP contribution in [0.2, 0.25) is 0 Å². The normalized spacial score (nSPS) is 13.4. The van der Waals surface area contributed by atoms with Crippen molar-refractivity contribution in [3.8, 4) is 28.4 Å². The molecule has 3 heterocycles. The molecule has 0 saturated heterocycles. The fourth-order valence-corrected chi connectivity index (χ4v) is 8.16. The molecule has 1 aliphatic rings. The predicted molar refractivity (Wildman–Crippen MR) is 251 cm³/mol. The number of benzene rings is 6. The van der Waals surface area contributed by atoms with Gasteiger partial charge in [-0.05, 0) is 104 Å². The zero-order valence-corrected chi connectivity index (χ0v) is 39.7. The van der Waals surface area contributed by atoms with Gasteiger partial charge in [0.25, 0.3) is 0 Å². The number of aromatic nitrogens is 2. The summed E-state index contributed by atoms with van der Waals surface area (Å²) in [7, 11) is 0. The van der Waals surface area contributed by atoms with Crippen LogP contribution in [0, 0.1) is 18.8 Å². The Morgan fingerprint density at radius 2 is 1.19 bits per heavy atom. The molecule has 0 bridgehead atoms. The molecule has 0 atom stereocenters. The second-order valence-electron chi connectivity index (χ2n) is 19.5. The van der Waals surface area contributed by atoms with Crippen molar-refractivity contribution in [2.45, 2.75) is 84.7 Å². The maximum Gasteiger partial charge on any atom is 0.416 e. The number of rotatable bonds is 6. The van der Waals surface area contributed by atoms with Gasteiger partial charge in [0.15, 0.2) is 0 Å². The molecule has 6 aromatic carbocycles. The Labute approximate surface area is 388 Å². The molecule has 0 N–H and O–H groups in total. The molecule has 64 heavy (non-hydrogen) atoms. The molecule has 0 unspecified atom stereocenters. The number of anilines is 4. The monoisotopic (exact) mass is 1030 g/mol. The second-order valence-corrected chi connectivity index (χ2v) is 19.5. The summed E-state index contributed by atoms with van der Waals surface area (Å²) < 4.78 is 49.9. The summed E-state index contributed by atoms with van der Waals surface area (Å²) in [5.41, 5.74) is 9.48. The quantitative estimate of drug-likeness (QED) is 0.155. The Morgan fingerprint density at radius 3 is 1.86 bits per heavy atom. The van der Waals surface area contributed by atoms with Gasteiger partial charge >= 0.3 is 6.18 Å². The number of alkyl halides is 3. The molecular weight excluding hydrogens is 985 g/mol. The molecule has 9 heteroatoms. The first-order valence-corrected chi connectivity index (χ1v) is 21.3. The molecule has 0 radical (unpaired) electrons. The van der Waals surface area contributed by atoms with E-state index in [0.717, 1.165) is 56.2 Å². The van der Waals surface area contributed by atoms with E-state index in [1.807, 2.05) is 71.4 Å². The van der Waals surface area contributed by atoms with Crippen LogP contribution >= 0.6 is 0 Å². The number of ether oxygens (including phenoxy) is 1. The van der Waals surface area contributed by atoms with Crippen molar-refractivity contribution >= 4 is 44.6 Å². The summed E-state index contributed by atoms with van der Waals surface area (Å²) in [5.74, 6) is 1.69. The summed E-state index contributed by atoms with van der Waals surface area (Å²) in [6.45, 7) is 22.1. The van der Waals surface area contributed by atoms with Crippen molar-refractivity contribution in [1.29, 1.82) is 0 Å². The molecule has 2 aromatic heterocycles. The van der Waals surface area contributed by atoms with E-state index in [2.05, 4.69) is 133 Å². The molecule has 0 amide bonds. The van der Waals surface area contributed by atoms with Gasteiger partial charge in [-0.15, -0.1) is 48.1 Å². The predicted octanol–water partition coefficient (Wildman–Crippen LogP) is 15.6. The minimum atomic E-state index is -4.45. The largest absolute Gasteiger partial charge is 0.509 e. The number of hydrogen-bond donors (Lipinski definition) is 0. The van der Waals surface area contributed by atoms with Crippen molar-refractivity contribution in [2.75, 3.05) is 9.80 Å². The third kappa shape index (κ3) is 8.57. The van der Waals surface area contributed by atoms with Crippen molar-refractivity contribution in [2.24, 2.45) is 0 Å². The van der Waals surface area contributed by atoms with E-state index in [1.54, 1.807) is 6.07 Å². The van der Waals surface area contributed by atoms with Gasteiger partial charge < -0.3 is 19.1 Å². The van der Waals surface area contributed by atoms with E-state index >= 15 is 0 Å². The van der Waals surface area contributed by atoms with Crippen molar-refractivity contribution in [3.05, 3.63) is 175 Å². The molecule has 0 spiro atoms. The van der Waals surface area contributed by atoms with Crippen LogP contribution in [0.1, 0.15) is 84.6 Å². The van der Waals surface area contributed by atoms with Gasteiger partial charge in [0.05, 0.1) is 5.56 Å². The smallest absolute Gasteiger partial charge is 0.416 e. The van der Waals surface area contributed by atoms with Crippen molar-refractivity contribution in [3.63, 3.8) is 0 Å². The number of hydrogen-bond acceptors (Lipinski definition) is 4. The average Bonchev–Trinajstić information content (AvgIpc) is 3.78. The van der Waals surface area contributed by atoms with Crippen LogP contribution in [-0.2, 0) is 43.5 Å². The standard InChI is InChI=1S/C55H50F3N4O.Pt/c1-52(2,3)37-24-25-59-51(31-37)62-47-23-20-36(35-14-12-15-38(26-35)55(56,57)58)27-46(47)45-22-21-44(33-50(45)62)63-43-17-13-16-41(32-43)60-34-61(49-19-11-10-18-48(49)60)42-29-39(53(4,5)6)28-40(30-42)54(7,8)9;/h10-31,34H,1-9H3;/q-3;. The zero-order chi connectivity index (χ0) is 44.6. The van der Waals surface area contributed by atoms with E-state index in [1.165, 1.54) is 23.3 Å². The summed E-state index contributed by atoms with van der Waals surface area (Å²) >= 11 is 0. The van der Waals surface area contributed by atoms with Crippen LogP contribution in [0.5, 0.6) is 11.5 Å². The minimum Gasteiger partial charge on any atom is -0.509 e. The van der Waals surface area contributed by atoms with Gasteiger partial charge in [-0.3, -0.25) is 0 Å². The van der Waals surface area contributed by atoms with Crippen molar-refractivity contribution in [1.82, 2.24) is 9.55 Å². The van der Waals surface area contributed by atoms with Crippen LogP contribution in [0.15, 0.2) is 134 Å². The number of nitrogens with zero attached hydrogens (tertiary/aromatic N) is 4. The third-order valence-electron chi connectivity index (χ3n) is 11.8. The number of fused-ring (bicyclic) bond motifs is 4. The molecule has 5 nitrogen and oxygen atoms in total. The van der Waals surface area contributed by atoms with Gasteiger partial charge in [0.1, 0.15) is 5.82 Å². The summed E-state index contributed by atoms with van der Waals surface area (Å²) in [6.07, 6.45) is -2.64. The minimum absolute atomic E-state index is 0. The molecule has 330 valence electrons. The molecule has 9 rings (SSSR count). The van der Waals surface area contributed by atoms with Crippen LogP contribution in [0.4, 0.5) is 35.9 Å². The zero-order valence-electron chi connectivity index (χ0n) is 37.4. The maximum absolute atomic E-state index is 13.7. The van der Waals surface area contributed by atoms with Gasteiger partial charge in [0, 0.05) is 61.3 Å². The Morgan fingerprint density at radius 1 is 0.547 bits per heavy atom. The number of para-hydroxylation sites is 2. The van der Waals surface area contributed by atoms with Crippen LogP contribution < -0.4 is 14.5 Å². The summed E-state index contributed by atoms with van der Waals surface area (Å²) in [4.78, 5) is 9.22. The van der Waals surface area contributed by atoms with Gasteiger partial charge in [0.2, 0.25) is 0 Å². The van der Waals surface area contributed by atoms with E-state index in [4.69, 9.17) is 9.72 Å². The average molecular weight is 1040 g/mol. The SMILES string of the molecule is CC(C)(C)c1cc(N2[CH-]N(c3[c-]c(Oc4[c-]c5c(cc4)c4cc(-c6cccc(C(F)(F)F)c6)ccc4n5-c4cc(C(C)(C)C)ccn4)ccc3)c3ccccc32)cc(C(C)(C)C)c1.[Pt]. The van der Waals surface area contributed by atoms with E-state index < -0.39 is 11.7 Å². The first-order valence-electron chi connectivity index (χ1n) is 21.3. The summed E-state index contributed by atoms with van der Waals surface area (Å²) in [6, 6.07) is 47.4. The Balaban J connectivity index is 0.00000560. The van der Waals surface area contributed by atoms with Crippen LogP contribution in [0.3, 0.4) is 0 Å². The molecule has 0 fully saturated rings. The van der Waals surface area contributed by atoms with Gasteiger partial charge in [-0.1, -0.05) is 110 Å². The third-order valence-corrected chi connectivity index (χ3v) is 11.8. The second kappa shape index (κ2) is 16.3. The van der Waals surface area contributed by atoms with Crippen LogP contribution in [-0.4, -0.2) is 9.55 Å². The Hall–Kier alpha value is -5.85. The summed E-state index contributed by atoms with van der Waals surface area (Å²) in [5, 5.41) is 1.72. The maximum atomic E-state index is 13.7. The van der Waals surface area contributed by atoms with Crippen molar-refractivity contribution < 1.29 is 39.0 Å². The first-order chi connectivity index (χ1) is 29.7. The Bertz CT molecular complexity index is 3010. The molecule has 1 aliphatic heterocycles. The van der Waals surface area contributed by atoms with Crippen LogP contribution in [0.25, 0.3) is 38.8 Å². The number of pyridine rings is 1. The number of halogens is 3. The Kier molecular flexibility index (Phi) is 11.4.